The van der Waals surface area contributed by atoms with Gasteiger partial charge in [0.2, 0.25) is 0 Å². The summed E-state index contributed by atoms with van der Waals surface area (Å²) in [7, 11) is 0. The van der Waals surface area contributed by atoms with Crippen LogP contribution in [0.15, 0.2) is 59.4 Å². The Hall–Kier alpha value is -3.66. The highest BCUT2D eigenvalue weighted by molar-refractivity contribution is 5.96. The number of H-pyrrole nitrogens is 1. The number of rotatable bonds is 3. The van der Waals surface area contributed by atoms with Crippen molar-refractivity contribution in [3.8, 4) is 11.8 Å². The molecule has 3 aromatic rings. The van der Waals surface area contributed by atoms with Crippen LogP contribution in [0.1, 0.15) is 40.5 Å². The zero-order valence-electron chi connectivity index (χ0n) is 15.2. The Morgan fingerprint density at radius 3 is 2.68 bits per heavy atom. The molecular weight excluding hydrogens is 354 g/mol. The SMILES string of the molecule is N#Cc1ccccc1C(=O)N1CCCC(c2n[nH]c(=O)n2-c2ccccc2)C1. The van der Waals surface area contributed by atoms with Crippen LogP contribution in [-0.4, -0.2) is 38.7 Å². The molecule has 1 fully saturated rings. The van der Waals surface area contributed by atoms with Crippen LogP contribution in [0, 0.1) is 11.3 Å². The Balaban J connectivity index is 1.63. The lowest BCUT2D eigenvalue weighted by Crippen LogP contribution is -2.40. The van der Waals surface area contributed by atoms with Crippen molar-refractivity contribution in [2.45, 2.75) is 18.8 Å². The zero-order chi connectivity index (χ0) is 19.5. The molecule has 28 heavy (non-hydrogen) atoms. The number of hydrogen-bond donors (Lipinski definition) is 1. The third-order valence-electron chi connectivity index (χ3n) is 5.06. The van der Waals surface area contributed by atoms with E-state index in [9.17, 15) is 14.9 Å². The van der Waals surface area contributed by atoms with Gasteiger partial charge < -0.3 is 4.90 Å². The first-order valence-corrected chi connectivity index (χ1v) is 9.20. The number of nitrogens with one attached hydrogen (secondary N) is 1. The van der Waals surface area contributed by atoms with E-state index in [0.29, 0.717) is 30.0 Å². The van der Waals surface area contributed by atoms with E-state index in [2.05, 4.69) is 16.3 Å². The molecular formula is C21H19N5O2. The number of hydrogen-bond acceptors (Lipinski definition) is 4. The molecule has 1 aliphatic heterocycles. The van der Waals surface area contributed by atoms with Crippen molar-refractivity contribution in [2.75, 3.05) is 13.1 Å². The van der Waals surface area contributed by atoms with Crippen LogP contribution in [0.2, 0.25) is 0 Å². The fourth-order valence-electron chi connectivity index (χ4n) is 3.72. The number of aromatic amines is 1. The van der Waals surface area contributed by atoms with Crippen molar-refractivity contribution in [3.05, 3.63) is 82.0 Å². The fraction of sp³-hybridized carbons (Fsp3) is 0.238. The highest BCUT2D eigenvalue weighted by Gasteiger charge is 2.30. The summed E-state index contributed by atoms with van der Waals surface area (Å²) in [6, 6.07) is 18.3. The van der Waals surface area contributed by atoms with Crippen LogP contribution in [0.3, 0.4) is 0 Å². The summed E-state index contributed by atoms with van der Waals surface area (Å²) >= 11 is 0. The number of nitrogens with zero attached hydrogens (tertiary/aromatic N) is 4. The number of amides is 1. The van der Waals surface area contributed by atoms with Gasteiger partial charge in [-0.25, -0.2) is 14.5 Å². The maximum Gasteiger partial charge on any atom is 0.347 e. The molecule has 0 bridgehead atoms. The van der Waals surface area contributed by atoms with Crippen LogP contribution < -0.4 is 5.69 Å². The number of nitriles is 1. The summed E-state index contributed by atoms with van der Waals surface area (Å²) in [6.07, 6.45) is 1.64. The highest BCUT2D eigenvalue weighted by Crippen LogP contribution is 2.27. The lowest BCUT2D eigenvalue weighted by molar-refractivity contribution is 0.0703. The minimum atomic E-state index is -0.292. The van der Waals surface area contributed by atoms with Gasteiger partial charge in [-0.2, -0.15) is 10.4 Å². The van der Waals surface area contributed by atoms with E-state index >= 15 is 0 Å². The number of benzene rings is 2. The average Bonchev–Trinajstić information content (AvgIpc) is 3.15. The number of aromatic nitrogens is 3. The van der Waals surface area contributed by atoms with Crippen molar-refractivity contribution in [2.24, 2.45) is 0 Å². The molecule has 4 rings (SSSR count). The molecule has 1 saturated heterocycles. The van der Waals surface area contributed by atoms with E-state index in [1.165, 1.54) is 0 Å². The van der Waals surface area contributed by atoms with Crippen molar-refractivity contribution in [1.29, 1.82) is 5.26 Å². The predicted molar refractivity (Wildman–Crippen MR) is 103 cm³/mol. The van der Waals surface area contributed by atoms with Gasteiger partial charge in [-0.15, -0.1) is 0 Å². The number of carbonyl (C=O) groups is 1. The molecule has 1 aromatic heterocycles. The van der Waals surface area contributed by atoms with E-state index in [1.54, 1.807) is 33.7 Å². The first-order chi connectivity index (χ1) is 13.7. The molecule has 0 aliphatic carbocycles. The molecule has 1 atom stereocenters. The smallest absolute Gasteiger partial charge is 0.338 e. The van der Waals surface area contributed by atoms with Gasteiger partial charge in [-0.3, -0.25) is 4.79 Å². The lowest BCUT2D eigenvalue weighted by atomic mass is 9.95. The van der Waals surface area contributed by atoms with Gasteiger partial charge in [-0.1, -0.05) is 30.3 Å². The number of para-hydroxylation sites is 1. The Morgan fingerprint density at radius 2 is 1.89 bits per heavy atom. The van der Waals surface area contributed by atoms with Crippen LogP contribution in [0.4, 0.5) is 0 Å². The molecule has 2 aromatic carbocycles. The average molecular weight is 373 g/mol. The highest BCUT2D eigenvalue weighted by atomic mass is 16.2. The molecule has 0 spiro atoms. The van der Waals surface area contributed by atoms with Crippen molar-refractivity contribution in [3.63, 3.8) is 0 Å². The molecule has 7 nitrogen and oxygen atoms in total. The second kappa shape index (κ2) is 7.53. The van der Waals surface area contributed by atoms with Crippen LogP contribution in [0.5, 0.6) is 0 Å². The van der Waals surface area contributed by atoms with Gasteiger partial charge in [0.05, 0.1) is 22.9 Å². The molecule has 7 heteroatoms. The first kappa shape index (κ1) is 17.7. The van der Waals surface area contributed by atoms with Gasteiger partial charge in [0.15, 0.2) is 0 Å². The van der Waals surface area contributed by atoms with Gasteiger partial charge in [0.1, 0.15) is 5.82 Å². The topological polar surface area (TPSA) is 94.8 Å². The predicted octanol–water partition coefficient (Wildman–Crippen LogP) is 2.45. The normalized spacial score (nSPS) is 16.5. The Kier molecular flexibility index (Phi) is 4.77. The minimum Gasteiger partial charge on any atom is -0.338 e. The largest absolute Gasteiger partial charge is 0.347 e. The van der Waals surface area contributed by atoms with Gasteiger partial charge in [0.25, 0.3) is 5.91 Å². The van der Waals surface area contributed by atoms with Crippen LogP contribution in [-0.2, 0) is 0 Å². The summed E-state index contributed by atoms with van der Waals surface area (Å²) in [4.78, 5) is 27.1. The number of likely N-dealkylation sites (tertiary alicyclic amines) is 1. The van der Waals surface area contributed by atoms with Gasteiger partial charge in [0, 0.05) is 19.0 Å². The quantitative estimate of drug-likeness (QED) is 0.763. The molecule has 0 saturated carbocycles. The van der Waals surface area contributed by atoms with Crippen molar-refractivity contribution < 1.29 is 4.79 Å². The summed E-state index contributed by atoms with van der Waals surface area (Å²) in [6.45, 7) is 1.07. The lowest BCUT2D eigenvalue weighted by Gasteiger charge is -2.32. The first-order valence-electron chi connectivity index (χ1n) is 9.20. The molecule has 2 heterocycles. The Morgan fingerprint density at radius 1 is 1.14 bits per heavy atom. The van der Waals surface area contributed by atoms with E-state index in [0.717, 1.165) is 18.5 Å². The third kappa shape index (κ3) is 3.21. The maximum absolute atomic E-state index is 13.0. The maximum atomic E-state index is 13.0. The monoisotopic (exact) mass is 373 g/mol. The summed E-state index contributed by atoms with van der Waals surface area (Å²) in [5, 5.41) is 16.1. The third-order valence-corrected chi connectivity index (χ3v) is 5.06. The molecule has 1 amide bonds. The van der Waals surface area contributed by atoms with E-state index < -0.39 is 0 Å². The summed E-state index contributed by atoms with van der Waals surface area (Å²) < 4.78 is 1.57. The van der Waals surface area contributed by atoms with Crippen molar-refractivity contribution in [1.82, 2.24) is 19.7 Å². The zero-order valence-corrected chi connectivity index (χ0v) is 15.2. The molecule has 1 aliphatic rings. The summed E-state index contributed by atoms with van der Waals surface area (Å²) in [5.41, 5.74) is 1.23. The van der Waals surface area contributed by atoms with E-state index in [-0.39, 0.29) is 17.5 Å². The molecule has 1 N–H and O–H groups in total. The Labute approximate surface area is 161 Å². The van der Waals surface area contributed by atoms with Gasteiger partial charge in [-0.05, 0) is 37.1 Å². The Bertz CT molecular complexity index is 1090. The molecule has 1 unspecified atom stereocenters. The minimum absolute atomic E-state index is 0.0638. The second-order valence-corrected chi connectivity index (χ2v) is 6.81. The van der Waals surface area contributed by atoms with E-state index in [4.69, 9.17) is 0 Å². The van der Waals surface area contributed by atoms with Crippen LogP contribution >= 0.6 is 0 Å². The number of carbonyl (C=O) groups excluding carboxylic acids is 1. The molecule has 140 valence electrons. The molecule has 0 radical (unpaired) electrons. The fourth-order valence-corrected chi connectivity index (χ4v) is 3.72. The van der Waals surface area contributed by atoms with Crippen molar-refractivity contribution >= 4 is 5.91 Å². The van der Waals surface area contributed by atoms with E-state index in [1.807, 2.05) is 30.3 Å². The second-order valence-electron chi connectivity index (χ2n) is 6.81. The summed E-state index contributed by atoms with van der Waals surface area (Å²) in [5.74, 6) is 0.402. The van der Waals surface area contributed by atoms with Gasteiger partial charge >= 0.3 is 5.69 Å². The standard InChI is InChI=1S/C21H19N5O2/c22-13-15-7-4-5-11-18(15)20(27)25-12-6-8-16(14-25)19-23-24-21(28)26(19)17-9-2-1-3-10-17/h1-5,7,9-11,16H,6,8,12,14H2,(H,24,28). The number of piperidine rings is 1. The van der Waals surface area contributed by atoms with Crippen LogP contribution in [0.25, 0.3) is 5.69 Å².